The first kappa shape index (κ1) is 12.2. The average Bonchev–Trinajstić information content (AvgIpc) is 2.39. The number of rotatable bonds is 4. The van der Waals surface area contributed by atoms with Gasteiger partial charge in [0.05, 0.1) is 7.11 Å². The van der Waals surface area contributed by atoms with Crippen LogP contribution in [0.3, 0.4) is 0 Å². The Morgan fingerprint density at radius 3 is 2.44 bits per heavy atom. The third kappa shape index (κ3) is 2.88. The van der Waals surface area contributed by atoms with E-state index in [1.54, 1.807) is 19.2 Å². The van der Waals surface area contributed by atoms with Crippen LogP contribution in [0, 0.1) is 0 Å². The van der Waals surface area contributed by atoms with E-state index in [9.17, 15) is 9.90 Å². The molecule has 0 aromatic heterocycles. The van der Waals surface area contributed by atoms with Gasteiger partial charge < -0.3 is 14.6 Å². The summed E-state index contributed by atoms with van der Waals surface area (Å²) < 4.78 is 5.17. The van der Waals surface area contributed by atoms with Crippen molar-refractivity contribution in [2.75, 3.05) is 7.11 Å². The van der Waals surface area contributed by atoms with E-state index in [-0.39, 0.29) is 6.42 Å². The van der Waals surface area contributed by atoms with Crippen LogP contribution in [0.4, 0.5) is 0 Å². The molecule has 0 aliphatic carbocycles. The molecule has 0 atom stereocenters. The number of hydrogen-bond donors (Lipinski definition) is 0. The number of carboxylic acid groups (broad SMARTS) is 1. The molecule has 2 aromatic carbocycles. The maximum atomic E-state index is 10.5. The summed E-state index contributed by atoms with van der Waals surface area (Å²) in [5.74, 6) is -0.268. The van der Waals surface area contributed by atoms with E-state index < -0.39 is 5.97 Å². The average molecular weight is 241 g/mol. The van der Waals surface area contributed by atoms with Gasteiger partial charge in [0.15, 0.2) is 0 Å². The van der Waals surface area contributed by atoms with E-state index >= 15 is 0 Å². The monoisotopic (exact) mass is 241 g/mol. The second-order valence-corrected chi connectivity index (χ2v) is 3.98. The number of methoxy groups -OCH3 is 1. The van der Waals surface area contributed by atoms with Crippen molar-refractivity contribution in [2.24, 2.45) is 0 Å². The first-order valence-corrected chi connectivity index (χ1v) is 5.62. The highest BCUT2D eigenvalue weighted by Crippen LogP contribution is 2.24. The fourth-order valence-corrected chi connectivity index (χ4v) is 1.78. The van der Waals surface area contributed by atoms with Crippen LogP contribution < -0.4 is 9.84 Å². The lowest BCUT2D eigenvalue weighted by molar-refractivity contribution is -0.304. The first-order valence-electron chi connectivity index (χ1n) is 5.62. The largest absolute Gasteiger partial charge is 0.550 e. The minimum Gasteiger partial charge on any atom is -0.550 e. The van der Waals surface area contributed by atoms with Crippen LogP contribution in [0.5, 0.6) is 5.75 Å². The van der Waals surface area contributed by atoms with E-state index in [1.807, 2.05) is 36.4 Å². The van der Waals surface area contributed by atoms with Crippen molar-refractivity contribution in [3.8, 4) is 16.9 Å². The summed E-state index contributed by atoms with van der Waals surface area (Å²) in [4.78, 5) is 10.5. The topological polar surface area (TPSA) is 49.4 Å². The van der Waals surface area contributed by atoms with Gasteiger partial charge in [-0.3, -0.25) is 0 Å². The minimum absolute atomic E-state index is 0.0572. The quantitative estimate of drug-likeness (QED) is 0.817. The normalized spacial score (nSPS) is 10.1. The Morgan fingerprint density at radius 1 is 1.11 bits per heavy atom. The van der Waals surface area contributed by atoms with Crippen LogP contribution in [0.1, 0.15) is 5.56 Å². The molecule has 2 aromatic rings. The fraction of sp³-hybridized carbons (Fsp3) is 0.133. The highest BCUT2D eigenvalue weighted by molar-refractivity contribution is 5.69. The third-order valence-electron chi connectivity index (χ3n) is 2.71. The van der Waals surface area contributed by atoms with Crippen molar-refractivity contribution in [1.29, 1.82) is 0 Å². The zero-order valence-electron chi connectivity index (χ0n) is 10.1. The molecule has 0 radical (unpaired) electrons. The standard InChI is InChI=1S/C15H14O3/c1-18-14-4-2-3-13(10-14)12-7-5-11(6-8-12)9-15(16)17/h2-8,10H,9H2,1H3,(H,16,17)/p-1. The van der Waals surface area contributed by atoms with Gasteiger partial charge in [0.1, 0.15) is 5.75 Å². The van der Waals surface area contributed by atoms with E-state index in [0.29, 0.717) is 0 Å². The molecule has 0 saturated heterocycles. The molecular formula is C15H13O3-. The number of carboxylic acids is 1. The number of ether oxygens (including phenoxy) is 1. The SMILES string of the molecule is COc1cccc(-c2ccc(CC(=O)[O-])cc2)c1. The number of aliphatic carboxylic acids is 1. The van der Waals surface area contributed by atoms with Gasteiger partial charge in [0.2, 0.25) is 0 Å². The molecule has 0 saturated carbocycles. The number of carbonyl (C=O) groups is 1. The Hall–Kier alpha value is -2.29. The molecule has 0 bridgehead atoms. The molecule has 2 rings (SSSR count). The lowest BCUT2D eigenvalue weighted by Gasteiger charge is -2.06. The Labute approximate surface area is 106 Å². The van der Waals surface area contributed by atoms with Gasteiger partial charge in [-0.25, -0.2) is 0 Å². The van der Waals surface area contributed by atoms with Crippen molar-refractivity contribution in [3.63, 3.8) is 0 Å². The summed E-state index contributed by atoms with van der Waals surface area (Å²) >= 11 is 0. The zero-order valence-corrected chi connectivity index (χ0v) is 10.1. The van der Waals surface area contributed by atoms with Crippen LogP contribution in [0.25, 0.3) is 11.1 Å². The van der Waals surface area contributed by atoms with E-state index in [2.05, 4.69) is 0 Å². The molecule has 0 aliphatic rings. The molecule has 0 spiro atoms. The van der Waals surface area contributed by atoms with E-state index in [0.717, 1.165) is 22.4 Å². The molecule has 0 N–H and O–H groups in total. The second-order valence-electron chi connectivity index (χ2n) is 3.98. The molecule has 0 amide bonds. The molecule has 3 heteroatoms. The van der Waals surface area contributed by atoms with E-state index in [4.69, 9.17) is 4.74 Å². The van der Waals surface area contributed by atoms with Crippen LogP contribution in [0.15, 0.2) is 48.5 Å². The summed E-state index contributed by atoms with van der Waals surface area (Å²) in [5.41, 5.74) is 2.80. The lowest BCUT2D eigenvalue weighted by Crippen LogP contribution is -2.24. The fourth-order valence-electron chi connectivity index (χ4n) is 1.78. The maximum Gasteiger partial charge on any atom is 0.119 e. The smallest absolute Gasteiger partial charge is 0.119 e. The highest BCUT2D eigenvalue weighted by atomic mass is 16.5. The first-order chi connectivity index (χ1) is 8.69. The van der Waals surface area contributed by atoms with Crippen molar-refractivity contribution >= 4 is 5.97 Å². The third-order valence-corrected chi connectivity index (χ3v) is 2.71. The highest BCUT2D eigenvalue weighted by Gasteiger charge is 2.00. The van der Waals surface area contributed by atoms with Gasteiger partial charge in [-0.1, -0.05) is 36.4 Å². The van der Waals surface area contributed by atoms with Crippen molar-refractivity contribution in [1.82, 2.24) is 0 Å². The number of benzene rings is 2. The Kier molecular flexibility index (Phi) is 3.63. The Balaban J connectivity index is 2.25. The van der Waals surface area contributed by atoms with Crippen molar-refractivity contribution < 1.29 is 14.6 Å². The van der Waals surface area contributed by atoms with Gasteiger partial charge in [-0.2, -0.15) is 0 Å². The van der Waals surface area contributed by atoms with Crippen LogP contribution in [-0.4, -0.2) is 13.1 Å². The summed E-state index contributed by atoms with van der Waals surface area (Å²) in [6.45, 7) is 0. The van der Waals surface area contributed by atoms with Crippen LogP contribution in [0.2, 0.25) is 0 Å². The molecule has 92 valence electrons. The number of carbonyl (C=O) groups excluding carboxylic acids is 1. The summed E-state index contributed by atoms with van der Waals surface area (Å²) in [6.07, 6.45) is -0.0572. The predicted octanol–water partition coefficient (Wildman–Crippen LogP) is 1.65. The Morgan fingerprint density at radius 2 is 1.83 bits per heavy atom. The summed E-state index contributed by atoms with van der Waals surface area (Å²) in [5, 5.41) is 10.5. The molecule has 0 aliphatic heterocycles. The molecule has 0 unspecified atom stereocenters. The van der Waals surface area contributed by atoms with Gasteiger partial charge >= 0.3 is 0 Å². The van der Waals surface area contributed by atoms with Gasteiger partial charge in [0, 0.05) is 12.4 Å². The van der Waals surface area contributed by atoms with Gasteiger partial charge in [-0.15, -0.1) is 0 Å². The summed E-state index contributed by atoms with van der Waals surface area (Å²) in [6, 6.07) is 15.1. The van der Waals surface area contributed by atoms with Crippen molar-refractivity contribution in [2.45, 2.75) is 6.42 Å². The second kappa shape index (κ2) is 5.36. The lowest BCUT2D eigenvalue weighted by atomic mass is 10.0. The molecule has 0 fully saturated rings. The van der Waals surface area contributed by atoms with Crippen molar-refractivity contribution in [3.05, 3.63) is 54.1 Å². The molecule has 3 nitrogen and oxygen atoms in total. The Bertz CT molecular complexity index is 544. The van der Waals surface area contributed by atoms with Crippen LogP contribution >= 0.6 is 0 Å². The maximum absolute atomic E-state index is 10.5. The van der Waals surface area contributed by atoms with Gasteiger partial charge in [-0.05, 0) is 28.8 Å². The molecule has 18 heavy (non-hydrogen) atoms. The predicted molar refractivity (Wildman–Crippen MR) is 67.1 cm³/mol. The van der Waals surface area contributed by atoms with E-state index in [1.165, 1.54) is 0 Å². The summed E-state index contributed by atoms with van der Waals surface area (Å²) in [7, 11) is 1.63. The minimum atomic E-state index is -1.07. The molecule has 0 heterocycles. The van der Waals surface area contributed by atoms with Crippen LogP contribution in [-0.2, 0) is 11.2 Å². The zero-order chi connectivity index (χ0) is 13.0. The molecular weight excluding hydrogens is 228 g/mol. The van der Waals surface area contributed by atoms with Gasteiger partial charge in [0.25, 0.3) is 0 Å². The number of hydrogen-bond acceptors (Lipinski definition) is 3.